The molecule has 0 N–H and O–H groups in total. The minimum atomic E-state index is -3.33. The highest BCUT2D eigenvalue weighted by Crippen LogP contribution is 2.59. The molecule has 3 saturated heterocycles. The average molecular weight is 310 g/mol. The molecule has 2 bridgehead atoms. The zero-order valence-electron chi connectivity index (χ0n) is 10.5. The molecule has 3 aliphatic heterocycles. The van der Waals surface area contributed by atoms with Crippen molar-refractivity contribution in [3.8, 4) is 0 Å². The molecule has 19 heavy (non-hydrogen) atoms. The third-order valence-corrected chi connectivity index (χ3v) is 4.89. The van der Waals surface area contributed by atoms with Gasteiger partial charge in [0.15, 0.2) is 5.12 Å². The van der Waals surface area contributed by atoms with E-state index in [1.54, 1.807) is 0 Å². The summed E-state index contributed by atoms with van der Waals surface area (Å²) in [5.74, 6) is 0.0160. The van der Waals surface area contributed by atoms with Gasteiger partial charge in [0.1, 0.15) is 6.61 Å². The van der Waals surface area contributed by atoms with Crippen molar-refractivity contribution in [3.63, 3.8) is 0 Å². The number of carbonyl (C=O) groups excluding carboxylic acids is 2. The number of phosphoric acid groups is 1. The minimum Gasteiger partial charge on any atom is -0.465 e. The van der Waals surface area contributed by atoms with Gasteiger partial charge >= 0.3 is 13.8 Å². The molecule has 108 valence electrons. The van der Waals surface area contributed by atoms with E-state index in [0.29, 0.717) is 5.75 Å². The highest BCUT2D eigenvalue weighted by molar-refractivity contribution is 8.13. The fraction of sp³-hybridized carbons (Fsp3) is 0.800. The van der Waals surface area contributed by atoms with Crippen LogP contribution in [0.2, 0.25) is 0 Å². The van der Waals surface area contributed by atoms with Crippen LogP contribution in [0, 0.1) is 5.41 Å². The third-order valence-electron chi connectivity index (χ3n) is 2.74. The summed E-state index contributed by atoms with van der Waals surface area (Å²) in [7, 11) is -3.33. The van der Waals surface area contributed by atoms with Gasteiger partial charge in [-0.1, -0.05) is 11.8 Å². The molecule has 3 fully saturated rings. The monoisotopic (exact) mass is 310 g/mol. The first-order valence-electron chi connectivity index (χ1n) is 5.76. The van der Waals surface area contributed by atoms with E-state index in [4.69, 9.17) is 18.3 Å². The molecule has 7 nitrogen and oxygen atoms in total. The van der Waals surface area contributed by atoms with Crippen molar-refractivity contribution in [2.75, 3.05) is 32.2 Å². The van der Waals surface area contributed by atoms with E-state index in [0.717, 1.165) is 11.8 Å². The lowest BCUT2D eigenvalue weighted by Gasteiger charge is -2.43. The molecular formula is C10H15O7PS. The first-order chi connectivity index (χ1) is 8.93. The van der Waals surface area contributed by atoms with Gasteiger partial charge in [-0.05, 0) is 0 Å². The Kier molecular flexibility index (Phi) is 4.68. The van der Waals surface area contributed by atoms with E-state index in [9.17, 15) is 14.2 Å². The van der Waals surface area contributed by atoms with Gasteiger partial charge in [-0.3, -0.25) is 23.2 Å². The molecule has 0 radical (unpaired) electrons. The number of rotatable bonds is 5. The SMILES string of the molecule is CC(=O)SCCC(=O)OCC12COP(=O)(OC1)OC2. The minimum absolute atomic E-state index is 0.0306. The van der Waals surface area contributed by atoms with Crippen LogP contribution < -0.4 is 0 Å². The smallest absolute Gasteiger partial charge is 0.465 e. The third kappa shape index (κ3) is 4.03. The molecule has 3 heterocycles. The van der Waals surface area contributed by atoms with Crippen LogP contribution in [0.25, 0.3) is 0 Å². The van der Waals surface area contributed by atoms with Gasteiger partial charge in [-0.2, -0.15) is 0 Å². The molecule has 0 spiro atoms. The fourth-order valence-electron chi connectivity index (χ4n) is 1.59. The number of thioether (sulfide) groups is 1. The van der Waals surface area contributed by atoms with Crippen molar-refractivity contribution in [1.82, 2.24) is 0 Å². The average Bonchev–Trinajstić information content (AvgIpc) is 2.38. The zero-order chi connectivity index (χ0) is 13.9. The molecule has 0 aromatic rings. The van der Waals surface area contributed by atoms with Gasteiger partial charge in [0.2, 0.25) is 0 Å². The lowest BCUT2D eigenvalue weighted by atomic mass is 9.92. The lowest BCUT2D eigenvalue weighted by molar-refractivity contribution is -0.159. The van der Waals surface area contributed by atoms with E-state index in [1.165, 1.54) is 6.92 Å². The number of ether oxygens (including phenoxy) is 1. The number of fused-ring (bicyclic) bond motifs is 3. The van der Waals surface area contributed by atoms with Crippen LogP contribution in [0.4, 0.5) is 0 Å². The predicted molar refractivity (Wildman–Crippen MR) is 66.6 cm³/mol. The number of carbonyl (C=O) groups is 2. The maximum Gasteiger partial charge on any atom is 0.474 e. The van der Waals surface area contributed by atoms with Crippen molar-refractivity contribution in [2.45, 2.75) is 13.3 Å². The zero-order valence-corrected chi connectivity index (χ0v) is 12.2. The lowest BCUT2D eigenvalue weighted by Crippen LogP contribution is -2.48. The summed E-state index contributed by atoms with van der Waals surface area (Å²) < 4.78 is 31.6. The maximum atomic E-state index is 11.5. The molecule has 0 aromatic carbocycles. The molecule has 0 atom stereocenters. The topological polar surface area (TPSA) is 88.1 Å². The number of hydrogen-bond donors (Lipinski definition) is 0. The number of esters is 1. The molecule has 0 aliphatic carbocycles. The second kappa shape index (κ2) is 5.93. The second-order valence-corrected chi connectivity index (χ2v) is 7.46. The molecule has 0 unspecified atom stereocenters. The maximum absolute atomic E-state index is 11.5. The highest BCUT2D eigenvalue weighted by atomic mass is 32.2. The Labute approximate surface area is 114 Å². The Bertz CT molecular complexity index is 393. The van der Waals surface area contributed by atoms with Crippen LogP contribution in [-0.4, -0.2) is 43.3 Å². The quantitative estimate of drug-likeness (QED) is 0.556. The van der Waals surface area contributed by atoms with Crippen LogP contribution in [0.3, 0.4) is 0 Å². The molecule has 0 saturated carbocycles. The Hall–Kier alpha value is -0.400. The second-order valence-electron chi connectivity index (χ2n) is 4.52. The van der Waals surface area contributed by atoms with Gasteiger partial charge in [0.25, 0.3) is 0 Å². The molecule has 3 aliphatic rings. The summed E-state index contributed by atoms with van der Waals surface area (Å²) in [5, 5.41) is -0.0306. The van der Waals surface area contributed by atoms with Crippen LogP contribution in [-0.2, 0) is 32.5 Å². The van der Waals surface area contributed by atoms with Crippen LogP contribution in [0.15, 0.2) is 0 Å². The van der Waals surface area contributed by atoms with Gasteiger partial charge in [-0.25, -0.2) is 4.57 Å². The fourth-order valence-corrected chi connectivity index (χ4v) is 3.67. The summed E-state index contributed by atoms with van der Waals surface area (Å²) in [4.78, 5) is 22.2. The molecule has 0 amide bonds. The normalized spacial score (nSPS) is 33.1. The summed E-state index contributed by atoms with van der Waals surface area (Å²) in [5.41, 5.74) is -0.574. The summed E-state index contributed by atoms with van der Waals surface area (Å²) in [6.07, 6.45) is 0.168. The Morgan fingerprint density at radius 2 is 1.84 bits per heavy atom. The van der Waals surface area contributed by atoms with E-state index in [1.807, 2.05) is 0 Å². The van der Waals surface area contributed by atoms with Crippen molar-refractivity contribution in [1.29, 1.82) is 0 Å². The van der Waals surface area contributed by atoms with Crippen LogP contribution in [0.1, 0.15) is 13.3 Å². The molecule has 0 aromatic heterocycles. The first-order valence-corrected chi connectivity index (χ1v) is 8.20. The van der Waals surface area contributed by atoms with Crippen molar-refractivity contribution >= 4 is 30.7 Å². The predicted octanol–water partition coefficient (Wildman–Crippen LogP) is 1.37. The van der Waals surface area contributed by atoms with E-state index in [2.05, 4.69) is 0 Å². The van der Waals surface area contributed by atoms with Gasteiger partial charge in [-0.15, -0.1) is 0 Å². The van der Waals surface area contributed by atoms with Crippen LogP contribution in [0.5, 0.6) is 0 Å². The number of phosphoric ester groups is 1. The Morgan fingerprint density at radius 1 is 1.26 bits per heavy atom. The van der Waals surface area contributed by atoms with Crippen molar-refractivity contribution < 1.29 is 32.5 Å². The molecule has 9 heteroatoms. The molecule has 3 rings (SSSR count). The van der Waals surface area contributed by atoms with Gasteiger partial charge in [0.05, 0.1) is 31.7 Å². The van der Waals surface area contributed by atoms with Gasteiger partial charge < -0.3 is 4.74 Å². The molecular weight excluding hydrogens is 295 g/mol. The Balaban J connectivity index is 1.72. The first kappa shape index (κ1) is 15.0. The summed E-state index contributed by atoms with van der Waals surface area (Å²) in [6.45, 7) is 2.12. The largest absolute Gasteiger partial charge is 0.474 e. The van der Waals surface area contributed by atoms with Gasteiger partial charge in [0, 0.05) is 12.7 Å². The van der Waals surface area contributed by atoms with E-state index < -0.39 is 13.2 Å². The van der Waals surface area contributed by atoms with E-state index in [-0.39, 0.29) is 43.9 Å². The van der Waals surface area contributed by atoms with Crippen molar-refractivity contribution in [3.05, 3.63) is 0 Å². The number of hydrogen-bond acceptors (Lipinski definition) is 8. The van der Waals surface area contributed by atoms with Crippen molar-refractivity contribution in [2.24, 2.45) is 5.41 Å². The summed E-state index contributed by atoms with van der Waals surface area (Å²) >= 11 is 1.08. The Morgan fingerprint density at radius 3 is 2.37 bits per heavy atom. The van der Waals surface area contributed by atoms with Crippen LogP contribution >= 0.6 is 19.6 Å². The standard InChI is InChI=1S/C10H15O7PS/c1-8(11)19-3-2-9(12)14-4-10-5-15-18(13,16-6-10)17-7-10/h2-7H2,1H3. The van der Waals surface area contributed by atoms with E-state index >= 15 is 0 Å². The highest BCUT2D eigenvalue weighted by Gasteiger charge is 2.51. The summed E-state index contributed by atoms with van der Waals surface area (Å²) in [6, 6.07) is 0.